The second-order valence-corrected chi connectivity index (χ2v) is 4.03. The number of nitrogens with one attached hydrogen (secondary N) is 1. The first-order valence-corrected chi connectivity index (χ1v) is 6.16. The van der Waals surface area contributed by atoms with Gasteiger partial charge in [-0.05, 0) is 11.8 Å². The Morgan fingerprint density at radius 1 is 1.19 bits per heavy atom. The van der Waals surface area contributed by atoms with E-state index in [0.29, 0.717) is 5.56 Å². The molecule has 1 heterocycles. The third kappa shape index (κ3) is 4.68. The van der Waals surface area contributed by atoms with E-state index in [1.54, 1.807) is 18.5 Å². The summed E-state index contributed by atoms with van der Waals surface area (Å²) in [5, 5.41) is 0. The third-order valence-corrected chi connectivity index (χ3v) is 2.73. The van der Waals surface area contributed by atoms with E-state index in [-0.39, 0.29) is 23.0 Å². The smallest absolute Gasteiger partial charge is 0.303 e. The van der Waals surface area contributed by atoms with Gasteiger partial charge in [-0.25, -0.2) is 18.0 Å². The van der Waals surface area contributed by atoms with Gasteiger partial charge in [0.25, 0.3) is 0 Å². The largest absolute Gasteiger partial charge is 2.00 e. The summed E-state index contributed by atoms with van der Waals surface area (Å²) in [6.07, 6.45) is 3.22. The van der Waals surface area contributed by atoms with Crippen LogP contribution in [0.5, 0.6) is 0 Å². The molecule has 0 saturated carbocycles. The minimum atomic E-state index is -0.311. The number of hydrazine groups is 1. The van der Waals surface area contributed by atoms with Gasteiger partial charge in [-0.3, -0.25) is 10.2 Å². The van der Waals surface area contributed by atoms with E-state index in [1.807, 2.05) is 54.6 Å². The normalized spacial score (nSPS) is 9.00. The Bertz CT molecular complexity index is 616. The van der Waals surface area contributed by atoms with Crippen molar-refractivity contribution >= 4 is 5.91 Å². The summed E-state index contributed by atoms with van der Waals surface area (Å²) in [6, 6.07) is 19.3. The fourth-order valence-electron chi connectivity index (χ4n) is 1.77. The zero-order valence-corrected chi connectivity index (χ0v) is 12.3. The summed E-state index contributed by atoms with van der Waals surface area (Å²) in [4.78, 5) is 15.5. The number of nitrogen functional groups attached to an aromatic ring is 1. The zero-order valence-electron chi connectivity index (χ0n) is 11.2. The molecule has 3 aromatic rings. The number of amides is 1. The quantitative estimate of drug-likeness (QED) is 0.250. The van der Waals surface area contributed by atoms with Gasteiger partial charge in [-0.1, -0.05) is 17.2 Å². The van der Waals surface area contributed by atoms with Crippen LogP contribution in [0.25, 0.3) is 11.1 Å². The number of carbonyl (C=O) groups excluding carboxylic acids is 1. The van der Waals surface area contributed by atoms with Crippen molar-refractivity contribution in [3.63, 3.8) is 0 Å². The molecule has 0 bridgehead atoms. The van der Waals surface area contributed by atoms with Gasteiger partial charge in [0.05, 0.1) is 0 Å². The molecule has 4 nitrogen and oxygen atoms in total. The van der Waals surface area contributed by atoms with Crippen LogP contribution in [0.1, 0.15) is 10.4 Å². The van der Waals surface area contributed by atoms with Crippen LogP contribution < -0.4 is 11.3 Å². The maximum Gasteiger partial charge on any atom is 2.00 e. The predicted octanol–water partition coefficient (Wildman–Crippen LogP) is 2.47. The van der Waals surface area contributed by atoms with Gasteiger partial charge in [0.1, 0.15) is 0 Å². The Hall–Kier alpha value is -2.20. The molecular weight excluding hydrogens is 306 g/mol. The van der Waals surface area contributed by atoms with Crippen LogP contribution in [-0.2, 0) is 17.1 Å². The van der Waals surface area contributed by atoms with Crippen LogP contribution in [0.4, 0.5) is 0 Å². The Morgan fingerprint density at radius 2 is 1.86 bits per heavy atom. The van der Waals surface area contributed by atoms with Crippen molar-refractivity contribution in [2.75, 3.05) is 0 Å². The van der Waals surface area contributed by atoms with E-state index >= 15 is 0 Å². The first-order chi connectivity index (χ1) is 9.83. The van der Waals surface area contributed by atoms with Gasteiger partial charge >= 0.3 is 17.1 Å². The Kier molecular flexibility index (Phi) is 7.12. The van der Waals surface area contributed by atoms with Crippen molar-refractivity contribution in [3.8, 4) is 11.1 Å². The average molecular weight is 321 g/mol. The Morgan fingerprint density at radius 3 is 2.38 bits per heavy atom. The summed E-state index contributed by atoms with van der Waals surface area (Å²) in [6.45, 7) is 0. The molecule has 108 valence electrons. The molecular formula is C16H15FeN3O. The van der Waals surface area contributed by atoms with E-state index < -0.39 is 0 Å². The predicted molar refractivity (Wildman–Crippen MR) is 79.0 cm³/mol. The maximum atomic E-state index is 11.5. The van der Waals surface area contributed by atoms with E-state index in [2.05, 4.69) is 10.4 Å². The standard InChI is InChI=1S/C11H10N3O.C5H5.Fe/c12-14-11(15)9-5-6-13-7-10(9)8-3-1-2-4-8;1-2-4-5-3-1;/h1-7H,12H2,(H,14,15);1-5H;/q2*-1;+2. The minimum absolute atomic E-state index is 0. The molecule has 2 aromatic carbocycles. The van der Waals surface area contributed by atoms with Crippen molar-refractivity contribution in [1.82, 2.24) is 10.4 Å². The van der Waals surface area contributed by atoms with Gasteiger partial charge in [0.2, 0.25) is 5.91 Å². The number of aromatic nitrogens is 1. The number of nitrogens with zero attached hydrogens (tertiary/aromatic N) is 1. The van der Waals surface area contributed by atoms with E-state index in [0.717, 1.165) is 11.1 Å². The Balaban J connectivity index is 0.000000313. The second kappa shape index (κ2) is 8.87. The second-order valence-electron chi connectivity index (χ2n) is 4.03. The molecule has 0 saturated heterocycles. The van der Waals surface area contributed by atoms with Crippen molar-refractivity contribution in [3.05, 3.63) is 78.6 Å². The number of hydrogen-bond acceptors (Lipinski definition) is 3. The van der Waals surface area contributed by atoms with Gasteiger partial charge in [0, 0.05) is 6.20 Å². The van der Waals surface area contributed by atoms with Gasteiger partial charge in [-0.2, -0.15) is 30.3 Å². The molecule has 5 heteroatoms. The monoisotopic (exact) mass is 321 g/mol. The molecule has 1 amide bonds. The average Bonchev–Trinajstić information content (AvgIpc) is 3.21. The molecule has 0 unspecified atom stereocenters. The van der Waals surface area contributed by atoms with Crippen molar-refractivity contribution < 1.29 is 21.9 Å². The molecule has 3 rings (SSSR count). The van der Waals surface area contributed by atoms with Gasteiger partial charge in [-0.15, -0.1) is 12.1 Å². The van der Waals surface area contributed by atoms with E-state index in [9.17, 15) is 4.79 Å². The first kappa shape index (κ1) is 16.9. The van der Waals surface area contributed by atoms with Crippen molar-refractivity contribution in [2.24, 2.45) is 5.84 Å². The summed E-state index contributed by atoms with van der Waals surface area (Å²) in [7, 11) is 0. The molecule has 0 spiro atoms. The summed E-state index contributed by atoms with van der Waals surface area (Å²) in [5.74, 6) is 4.79. The fraction of sp³-hybridized carbons (Fsp3) is 0. The molecule has 1 aromatic heterocycles. The van der Waals surface area contributed by atoms with Crippen LogP contribution in [0.3, 0.4) is 0 Å². The number of rotatable bonds is 2. The van der Waals surface area contributed by atoms with Gasteiger partial charge < -0.3 is 4.98 Å². The molecule has 0 atom stereocenters. The molecule has 0 aliphatic heterocycles. The van der Waals surface area contributed by atoms with E-state index in [4.69, 9.17) is 5.84 Å². The summed E-state index contributed by atoms with van der Waals surface area (Å²) >= 11 is 0. The van der Waals surface area contributed by atoms with Gasteiger partial charge in [0.15, 0.2) is 0 Å². The van der Waals surface area contributed by atoms with Crippen molar-refractivity contribution in [1.29, 1.82) is 0 Å². The SMILES string of the molecule is NNC(=O)c1ccncc1-[c-]1cccc1.[Fe+2].c1cc[cH-]c1. The molecule has 21 heavy (non-hydrogen) atoms. The number of carbonyl (C=O) groups is 1. The van der Waals surface area contributed by atoms with E-state index in [1.165, 1.54) is 0 Å². The molecule has 3 N–H and O–H groups in total. The number of pyridine rings is 1. The number of hydrogen-bond donors (Lipinski definition) is 2. The minimum Gasteiger partial charge on any atom is -0.303 e. The van der Waals surface area contributed by atoms with Crippen LogP contribution in [0.2, 0.25) is 0 Å². The molecule has 0 fully saturated rings. The van der Waals surface area contributed by atoms with Crippen molar-refractivity contribution in [2.45, 2.75) is 0 Å². The van der Waals surface area contributed by atoms with Crippen LogP contribution >= 0.6 is 0 Å². The molecule has 0 aliphatic carbocycles. The summed E-state index contributed by atoms with van der Waals surface area (Å²) < 4.78 is 0. The third-order valence-electron chi connectivity index (χ3n) is 2.73. The molecule has 0 radical (unpaired) electrons. The summed E-state index contributed by atoms with van der Waals surface area (Å²) in [5.41, 5.74) is 4.39. The van der Waals surface area contributed by atoms with Crippen LogP contribution in [0.15, 0.2) is 73.1 Å². The zero-order chi connectivity index (χ0) is 14.2. The molecule has 0 aliphatic rings. The first-order valence-electron chi connectivity index (χ1n) is 6.16. The van der Waals surface area contributed by atoms with Crippen LogP contribution in [0, 0.1) is 0 Å². The fourth-order valence-corrected chi connectivity index (χ4v) is 1.77. The maximum absolute atomic E-state index is 11.5. The van der Waals surface area contributed by atoms with Crippen LogP contribution in [-0.4, -0.2) is 10.9 Å². The number of nitrogens with two attached hydrogens (primary N) is 1. The Labute approximate surface area is 134 Å². The topological polar surface area (TPSA) is 68.0 Å².